The van der Waals surface area contributed by atoms with Crippen LogP contribution in [0.15, 0.2) is 23.2 Å². The Balaban J connectivity index is 3.04. The zero-order chi connectivity index (χ0) is 9.68. The van der Waals surface area contributed by atoms with Crippen LogP contribution in [0.4, 0.5) is 8.78 Å². The maximum Gasteiger partial charge on any atom is 0.235 e. The molecule has 1 rings (SSSR count). The molecule has 0 aliphatic carbocycles. The molecule has 2 nitrogen and oxygen atoms in total. The van der Waals surface area contributed by atoms with Crippen molar-refractivity contribution in [2.24, 2.45) is 4.99 Å². The lowest BCUT2D eigenvalue weighted by molar-refractivity contribution is 0.460. The van der Waals surface area contributed by atoms with E-state index in [0.717, 1.165) is 0 Å². The quantitative estimate of drug-likeness (QED) is 0.521. The number of alkyl halides is 1. The minimum Gasteiger partial charge on any atom is -0.246 e. The van der Waals surface area contributed by atoms with Gasteiger partial charge in [0.1, 0.15) is 12.5 Å². The molecule has 0 unspecified atom stereocenters. The number of halogens is 2. The zero-order valence-corrected chi connectivity index (χ0v) is 6.76. The maximum atomic E-state index is 12.9. The summed E-state index contributed by atoms with van der Waals surface area (Å²) in [6.07, 6.45) is 1.32. The van der Waals surface area contributed by atoms with Crippen LogP contribution in [0, 0.1) is 5.82 Å². The molecule has 0 aliphatic heterocycles. The van der Waals surface area contributed by atoms with Gasteiger partial charge in [-0.15, -0.1) is 0 Å². The van der Waals surface area contributed by atoms with Gasteiger partial charge in [0.15, 0.2) is 0 Å². The molecule has 1 aromatic rings. The minimum absolute atomic E-state index is 0.0273. The molecule has 0 aromatic heterocycles. The van der Waals surface area contributed by atoms with Crippen molar-refractivity contribution in [3.8, 4) is 0 Å². The van der Waals surface area contributed by atoms with E-state index in [1.807, 2.05) is 0 Å². The average Bonchev–Trinajstić information content (AvgIpc) is 2.15. The van der Waals surface area contributed by atoms with Gasteiger partial charge in [-0.1, -0.05) is 12.1 Å². The van der Waals surface area contributed by atoms with E-state index in [1.54, 1.807) is 0 Å². The summed E-state index contributed by atoms with van der Waals surface area (Å²) in [5, 5.41) is 0. The Morgan fingerprint density at radius 1 is 1.46 bits per heavy atom. The molecule has 0 saturated heterocycles. The first-order valence-electron chi connectivity index (χ1n) is 3.65. The molecule has 4 heteroatoms. The van der Waals surface area contributed by atoms with E-state index in [0.29, 0.717) is 5.56 Å². The van der Waals surface area contributed by atoms with Crippen LogP contribution in [-0.4, -0.2) is 6.08 Å². The Kier molecular flexibility index (Phi) is 3.29. The van der Waals surface area contributed by atoms with Crippen molar-refractivity contribution in [2.45, 2.75) is 13.2 Å². The van der Waals surface area contributed by atoms with E-state index in [9.17, 15) is 13.6 Å². The Morgan fingerprint density at radius 2 is 2.23 bits per heavy atom. The first kappa shape index (κ1) is 9.55. The van der Waals surface area contributed by atoms with E-state index in [1.165, 1.54) is 24.3 Å². The van der Waals surface area contributed by atoms with Crippen LogP contribution in [0.25, 0.3) is 0 Å². The van der Waals surface area contributed by atoms with Gasteiger partial charge >= 0.3 is 0 Å². The molecule has 1 aromatic carbocycles. The highest BCUT2D eigenvalue weighted by Crippen LogP contribution is 2.15. The molecule has 0 spiro atoms. The summed E-state index contributed by atoms with van der Waals surface area (Å²) in [6, 6.07) is 4.14. The van der Waals surface area contributed by atoms with Crippen molar-refractivity contribution < 1.29 is 13.6 Å². The van der Waals surface area contributed by atoms with Gasteiger partial charge in [-0.2, -0.15) is 0 Å². The van der Waals surface area contributed by atoms with Crippen LogP contribution < -0.4 is 0 Å². The molecule has 0 aliphatic rings. The molecule has 0 N–H and O–H groups in total. The summed E-state index contributed by atoms with van der Waals surface area (Å²) < 4.78 is 25.2. The normalized spacial score (nSPS) is 9.38. The van der Waals surface area contributed by atoms with Crippen molar-refractivity contribution in [2.75, 3.05) is 0 Å². The minimum atomic E-state index is -0.892. The predicted molar refractivity (Wildman–Crippen MR) is 43.0 cm³/mol. The largest absolute Gasteiger partial charge is 0.246 e. The van der Waals surface area contributed by atoms with Crippen molar-refractivity contribution in [3.05, 3.63) is 35.1 Å². The fraction of sp³-hybridized carbons (Fsp3) is 0.222. The van der Waals surface area contributed by atoms with Gasteiger partial charge in [-0.25, -0.2) is 18.6 Å². The van der Waals surface area contributed by atoms with E-state index in [-0.39, 0.29) is 12.1 Å². The molecule has 0 bridgehead atoms. The number of isocyanates is 1. The summed E-state index contributed by atoms with van der Waals surface area (Å²) in [5.74, 6) is -0.610. The summed E-state index contributed by atoms with van der Waals surface area (Å²) in [4.78, 5) is 13.0. The molecule has 13 heavy (non-hydrogen) atoms. The van der Waals surface area contributed by atoms with Gasteiger partial charge in [0.25, 0.3) is 0 Å². The highest BCUT2D eigenvalue weighted by molar-refractivity contribution is 5.35. The summed E-state index contributed by atoms with van der Waals surface area (Å²) in [6.45, 7) is -0.920. The summed E-state index contributed by atoms with van der Waals surface area (Å²) in [7, 11) is 0. The van der Waals surface area contributed by atoms with Gasteiger partial charge in [-0.3, -0.25) is 0 Å². The van der Waals surface area contributed by atoms with Crippen LogP contribution in [0.3, 0.4) is 0 Å². The standard InChI is InChI=1S/C9H7F2NO/c10-4-8-7(5-12-6-13)2-1-3-9(8)11/h1-3H,4-5H2. The van der Waals surface area contributed by atoms with Crippen LogP contribution >= 0.6 is 0 Å². The molecule has 68 valence electrons. The predicted octanol–water partition coefficient (Wildman–Crippen LogP) is 2.13. The van der Waals surface area contributed by atoms with E-state index < -0.39 is 12.5 Å². The van der Waals surface area contributed by atoms with Crippen molar-refractivity contribution in [3.63, 3.8) is 0 Å². The molecule has 0 radical (unpaired) electrons. The van der Waals surface area contributed by atoms with Crippen molar-refractivity contribution in [1.29, 1.82) is 0 Å². The van der Waals surface area contributed by atoms with E-state index in [4.69, 9.17) is 0 Å². The number of aliphatic imine (C=N–C) groups is 1. The maximum absolute atomic E-state index is 12.9. The monoisotopic (exact) mass is 183 g/mol. The Hall–Kier alpha value is -1.54. The summed E-state index contributed by atoms with van der Waals surface area (Å²) >= 11 is 0. The van der Waals surface area contributed by atoms with Crippen molar-refractivity contribution in [1.82, 2.24) is 0 Å². The van der Waals surface area contributed by atoms with Gasteiger partial charge in [0.2, 0.25) is 6.08 Å². The average molecular weight is 183 g/mol. The third kappa shape index (κ3) is 2.20. The first-order chi connectivity index (χ1) is 6.29. The smallest absolute Gasteiger partial charge is 0.235 e. The lowest BCUT2D eigenvalue weighted by atomic mass is 10.1. The Morgan fingerprint density at radius 3 is 2.85 bits per heavy atom. The lowest BCUT2D eigenvalue weighted by Crippen LogP contribution is -1.94. The van der Waals surface area contributed by atoms with Crippen LogP contribution in [-0.2, 0) is 18.0 Å². The Labute approximate surface area is 73.9 Å². The molecule has 0 saturated carbocycles. The second kappa shape index (κ2) is 4.48. The molecular formula is C9H7F2NO. The van der Waals surface area contributed by atoms with Crippen LogP contribution in [0.2, 0.25) is 0 Å². The number of benzene rings is 1. The fourth-order valence-corrected chi connectivity index (χ4v) is 1.02. The zero-order valence-electron chi connectivity index (χ0n) is 6.76. The number of rotatable bonds is 3. The summed E-state index contributed by atoms with van der Waals surface area (Å²) in [5.41, 5.74) is 0.340. The lowest BCUT2D eigenvalue weighted by Gasteiger charge is -2.03. The number of hydrogen-bond donors (Lipinski definition) is 0. The van der Waals surface area contributed by atoms with Crippen LogP contribution in [0.5, 0.6) is 0 Å². The topological polar surface area (TPSA) is 29.4 Å². The highest BCUT2D eigenvalue weighted by atomic mass is 19.1. The van der Waals surface area contributed by atoms with Crippen molar-refractivity contribution >= 4 is 6.08 Å². The molecule has 0 atom stereocenters. The third-order valence-corrected chi connectivity index (χ3v) is 1.66. The molecule has 0 amide bonds. The van der Waals surface area contributed by atoms with Gasteiger partial charge in [0.05, 0.1) is 6.54 Å². The number of carbonyl (C=O) groups excluding carboxylic acids is 1. The van der Waals surface area contributed by atoms with E-state index in [2.05, 4.69) is 4.99 Å². The SMILES string of the molecule is O=C=NCc1cccc(F)c1CF. The fourth-order valence-electron chi connectivity index (χ4n) is 1.02. The first-order valence-corrected chi connectivity index (χ1v) is 3.65. The Bertz CT molecular complexity index is 345. The molecule has 0 fully saturated rings. The van der Waals surface area contributed by atoms with Gasteiger partial charge in [-0.05, 0) is 11.6 Å². The van der Waals surface area contributed by atoms with Gasteiger partial charge < -0.3 is 0 Å². The highest BCUT2D eigenvalue weighted by Gasteiger charge is 2.06. The number of hydrogen-bond acceptors (Lipinski definition) is 2. The number of nitrogens with zero attached hydrogens (tertiary/aromatic N) is 1. The molecule has 0 heterocycles. The molecular weight excluding hydrogens is 176 g/mol. The van der Waals surface area contributed by atoms with E-state index >= 15 is 0 Å². The second-order valence-electron chi connectivity index (χ2n) is 2.42. The van der Waals surface area contributed by atoms with Crippen LogP contribution in [0.1, 0.15) is 11.1 Å². The van der Waals surface area contributed by atoms with Gasteiger partial charge in [0, 0.05) is 5.56 Å². The third-order valence-electron chi connectivity index (χ3n) is 1.66. The second-order valence-corrected chi connectivity index (χ2v) is 2.42.